The van der Waals surface area contributed by atoms with Gasteiger partial charge in [-0.3, -0.25) is 4.79 Å². The van der Waals surface area contributed by atoms with E-state index in [4.69, 9.17) is 11.6 Å². The molecule has 3 rings (SSSR count). The third-order valence-electron chi connectivity index (χ3n) is 3.42. The number of nitrogens with zero attached hydrogens (tertiary/aromatic N) is 1. The molecule has 1 heterocycles. The molecule has 0 atom stereocenters. The molecule has 1 aromatic heterocycles. The van der Waals surface area contributed by atoms with Crippen LogP contribution < -0.4 is 5.32 Å². The Kier molecular flexibility index (Phi) is 4.74. The number of nitrogens with one attached hydrogen (secondary N) is 1. The monoisotopic (exact) mass is 342 g/mol. The fourth-order valence-electron chi connectivity index (χ4n) is 2.28. The molecule has 0 fully saturated rings. The van der Waals surface area contributed by atoms with E-state index >= 15 is 0 Å². The van der Waals surface area contributed by atoms with Crippen molar-refractivity contribution in [2.75, 3.05) is 0 Å². The van der Waals surface area contributed by atoms with Crippen LogP contribution in [0.5, 0.6) is 0 Å². The van der Waals surface area contributed by atoms with Gasteiger partial charge in [0.25, 0.3) is 5.91 Å². The third-order valence-corrected chi connectivity index (χ3v) is 4.75. The van der Waals surface area contributed by atoms with Gasteiger partial charge in [-0.05, 0) is 24.6 Å². The van der Waals surface area contributed by atoms with Crippen LogP contribution in [0.4, 0.5) is 0 Å². The number of hydrogen-bond acceptors (Lipinski definition) is 3. The SMILES string of the molecule is Cc1csc(-c2ccccc2CNC(=O)c2ccccc2Cl)n1. The first kappa shape index (κ1) is 15.7. The van der Waals surface area contributed by atoms with E-state index in [1.807, 2.05) is 36.6 Å². The first-order valence-electron chi connectivity index (χ1n) is 7.18. The van der Waals surface area contributed by atoms with Gasteiger partial charge in [0.2, 0.25) is 0 Å². The molecule has 2 aromatic carbocycles. The lowest BCUT2D eigenvalue weighted by atomic mass is 10.1. The molecule has 5 heteroatoms. The molecule has 116 valence electrons. The summed E-state index contributed by atoms with van der Waals surface area (Å²) in [6, 6.07) is 15.0. The van der Waals surface area contributed by atoms with Crippen LogP contribution in [0.2, 0.25) is 5.02 Å². The van der Waals surface area contributed by atoms with E-state index in [1.54, 1.807) is 35.6 Å². The summed E-state index contributed by atoms with van der Waals surface area (Å²) < 4.78 is 0. The summed E-state index contributed by atoms with van der Waals surface area (Å²) in [7, 11) is 0. The zero-order chi connectivity index (χ0) is 16.2. The van der Waals surface area contributed by atoms with Crippen LogP contribution in [0.15, 0.2) is 53.9 Å². The maximum Gasteiger partial charge on any atom is 0.253 e. The normalized spacial score (nSPS) is 10.5. The standard InChI is InChI=1S/C18H15ClN2OS/c1-12-11-23-18(21-12)14-7-3-2-6-13(14)10-20-17(22)15-8-4-5-9-16(15)19/h2-9,11H,10H2,1H3,(H,20,22). The molecule has 0 saturated heterocycles. The molecule has 0 aliphatic rings. The van der Waals surface area contributed by atoms with Gasteiger partial charge in [-0.1, -0.05) is 48.0 Å². The van der Waals surface area contributed by atoms with Crippen molar-refractivity contribution in [3.8, 4) is 10.6 Å². The minimum atomic E-state index is -0.180. The number of hydrogen-bond donors (Lipinski definition) is 1. The molecule has 23 heavy (non-hydrogen) atoms. The van der Waals surface area contributed by atoms with Crippen molar-refractivity contribution in [3.63, 3.8) is 0 Å². The highest BCUT2D eigenvalue weighted by atomic mass is 35.5. The highest BCUT2D eigenvalue weighted by molar-refractivity contribution is 7.13. The summed E-state index contributed by atoms with van der Waals surface area (Å²) in [6.07, 6.45) is 0. The van der Waals surface area contributed by atoms with Crippen molar-refractivity contribution in [2.24, 2.45) is 0 Å². The molecule has 0 unspecified atom stereocenters. The van der Waals surface area contributed by atoms with Crippen molar-refractivity contribution < 1.29 is 4.79 Å². The van der Waals surface area contributed by atoms with E-state index < -0.39 is 0 Å². The Morgan fingerprint density at radius 2 is 1.91 bits per heavy atom. The van der Waals surface area contributed by atoms with Crippen LogP contribution in [-0.4, -0.2) is 10.9 Å². The molecule has 1 amide bonds. The molecule has 3 nitrogen and oxygen atoms in total. The van der Waals surface area contributed by atoms with Crippen LogP contribution >= 0.6 is 22.9 Å². The highest BCUT2D eigenvalue weighted by Crippen LogP contribution is 2.27. The molecule has 3 aromatic rings. The van der Waals surface area contributed by atoms with E-state index in [0.717, 1.165) is 21.8 Å². The average Bonchev–Trinajstić information content (AvgIpc) is 2.99. The van der Waals surface area contributed by atoms with Crippen molar-refractivity contribution in [1.82, 2.24) is 10.3 Å². The van der Waals surface area contributed by atoms with E-state index in [9.17, 15) is 4.79 Å². The smallest absolute Gasteiger partial charge is 0.253 e. The Balaban J connectivity index is 1.79. The molecule has 0 spiro atoms. The number of thiazole rings is 1. The second kappa shape index (κ2) is 6.94. The summed E-state index contributed by atoms with van der Waals surface area (Å²) in [5, 5.41) is 6.36. The topological polar surface area (TPSA) is 42.0 Å². The second-order valence-electron chi connectivity index (χ2n) is 5.11. The quantitative estimate of drug-likeness (QED) is 0.746. The van der Waals surface area contributed by atoms with Gasteiger partial charge in [0.05, 0.1) is 10.6 Å². The van der Waals surface area contributed by atoms with Crippen molar-refractivity contribution >= 4 is 28.8 Å². The van der Waals surface area contributed by atoms with Gasteiger partial charge in [-0.2, -0.15) is 0 Å². The van der Waals surface area contributed by atoms with Crippen LogP contribution in [0, 0.1) is 6.92 Å². The number of carbonyl (C=O) groups excluding carboxylic acids is 1. The summed E-state index contributed by atoms with van der Waals surface area (Å²) in [6.45, 7) is 2.40. The van der Waals surface area contributed by atoms with Gasteiger partial charge in [0.15, 0.2) is 0 Å². The molecule has 0 aliphatic heterocycles. The number of amides is 1. The number of aromatic nitrogens is 1. The number of halogens is 1. The number of benzene rings is 2. The van der Waals surface area contributed by atoms with E-state index in [-0.39, 0.29) is 5.91 Å². The molecular formula is C18H15ClN2OS. The van der Waals surface area contributed by atoms with Gasteiger partial charge in [0.1, 0.15) is 5.01 Å². The maximum atomic E-state index is 12.3. The largest absolute Gasteiger partial charge is 0.348 e. The van der Waals surface area contributed by atoms with E-state index in [0.29, 0.717) is 17.1 Å². The Hall–Kier alpha value is -2.17. The van der Waals surface area contributed by atoms with Crippen LogP contribution in [-0.2, 0) is 6.54 Å². The molecule has 1 N–H and O–H groups in total. The first-order chi connectivity index (χ1) is 11.1. The molecule has 0 radical (unpaired) electrons. The predicted molar refractivity (Wildman–Crippen MR) is 94.9 cm³/mol. The van der Waals surface area contributed by atoms with Crippen molar-refractivity contribution in [2.45, 2.75) is 13.5 Å². The Bertz CT molecular complexity index is 844. The fraction of sp³-hybridized carbons (Fsp3) is 0.111. The van der Waals surface area contributed by atoms with Crippen LogP contribution in [0.3, 0.4) is 0 Å². The van der Waals surface area contributed by atoms with Gasteiger partial charge in [-0.25, -0.2) is 4.98 Å². The van der Waals surface area contributed by atoms with Gasteiger partial charge in [-0.15, -0.1) is 11.3 Å². The molecule has 0 saturated carbocycles. The lowest BCUT2D eigenvalue weighted by molar-refractivity contribution is 0.0951. The summed E-state index contributed by atoms with van der Waals surface area (Å²) in [4.78, 5) is 16.8. The maximum absolute atomic E-state index is 12.3. The number of carbonyl (C=O) groups is 1. The van der Waals surface area contributed by atoms with Crippen LogP contribution in [0.1, 0.15) is 21.6 Å². The molecule has 0 aliphatic carbocycles. The Morgan fingerprint density at radius 1 is 1.17 bits per heavy atom. The van der Waals surface area contributed by atoms with Crippen molar-refractivity contribution in [1.29, 1.82) is 0 Å². The highest BCUT2D eigenvalue weighted by Gasteiger charge is 2.12. The lowest BCUT2D eigenvalue weighted by Crippen LogP contribution is -2.23. The van der Waals surface area contributed by atoms with Gasteiger partial charge in [0, 0.05) is 23.2 Å². The number of aryl methyl sites for hydroxylation is 1. The fourth-order valence-corrected chi connectivity index (χ4v) is 3.36. The minimum absolute atomic E-state index is 0.180. The molecular weight excluding hydrogens is 328 g/mol. The van der Waals surface area contributed by atoms with E-state index in [2.05, 4.69) is 10.3 Å². The third kappa shape index (κ3) is 3.60. The summed E-state index contributed by atoms with van der Waals surface area (Å²) in [5.41, 5.74) is 3.56. The van der Waals surface area contributed by atoms with Gasteiger partial charge < -0.3 is 5.32 Å². The minimum Gasteiger partial charge on any atom is -0.348 e. The zero-order valence-electron chi connectivity index (χ0n) is 12.5. The lowest BCUT2D eigenvalue weighted by Gasteiger charge is -2.10. The van der Waals surface area contributed by atoms with Gasteiger partial charge >= 0.3 is 0 Å². The molecule has 0 bridgehead atoms. The average molecular weight is 343 g/mol. The Labute approximate surface area is 144 Å². The second-order valence-corrected chi connectivity index (χ2v) is 6.38. The first-order valence-corrected chi connectivity index (χ1v) is 8.44. The zero-order valence-corrected chi connectivity index (χ0v) is 14.1. The number of rotatable bonds is 4. The predicted octanol–water partition coefficient (Wildman–Crippen LogP) is 4.70. The van der Waals surface area contributed by atoms with Crippen molar-refractivity contribution in [3.05, 3.63) is 75.8 Å². The Morgan fingerprint density at radius 3 is 2.65 bits per heavy atom. The van der Waals surface area contributed by atoms with E-state index in [1.165, 1.54) is 0 Å². The van der Waals surface area contributed by atoms with Crippen LogP contribution in [0.25, 0.3) is 10.6 Å². The summed E-state index contributed by atoms with van der Waals surface area (Å²) in [5.74, 6) is -0.180. The summed E-state index contributed by atoms with van der Waals surface area (Å²) >= 11 is 7.67.